The first kappa shape index (κ1) is 20.0. The molecule has 3 aromatic heterocycles. The average Bonchev–Trinajstić information content (AvgIpc) is 3.17. The van der Waals surface area contributed by atoms with E-state index in [-0.39, 0.29) is 11.8 Å². The number of aromatic nitrogens is 3. The predicted molar refractivity (Wildman–Crippen MR) is 115 cm³/mol. The zero-order chi connectivity index (χ0) is 21.1. The van der Waals surface area contributed by atoms with Crippen molar-refractivity contribution >= 4 is 23.0 Å². The second-order valence-electron chi connectivity index (χ2n) is 7.87. The summed E-state index contributed by atoms with van der Waals surface area (Å²) in [6.07, 6.45) is 8.27. The van der Waals surface area contributed by atoms with E-state index in [0.29, 0.717) is 17.8 Å². The Kier molecular flexibility index (Phi) is 5.76. The molecule has 1 aliphatic heterocycles. The first-order valence-electron chi connectivity index (χ1n) is 10.2. The number of nitrogens with one attached hydrogen (secondary N) is 1. The SMILES string of the molecule is CN(C)CC(=O)Nc1cncc(-c2cccc3c(C(=O)N4CCCCC4)cnn23)c1. The Hall–Kier alpha value is -3.26. The lowest BCUT2D eigenvalue weighted by atomic mass is 10.1. The van der Waals surface area contributed by atoms with Crippen LogP contribution in [0.3, 0.4) is 0 Å². The highest BCUT2D eigenvalue weighted by molar-refractivity contribution is 6.01. The summed E-state index contributed by atoms with van der Waals surface area (Å²) in [6.45, 7) is 1.89. The van der Waals surface area contributed by atoms with E-state index in [1.807, 2.05) is 43.3 Å². The monoisotopic (exact) mass is 406 g/mol. The molecule has 4 rings (SSSR count). The summed E-state index contributed by atoms with van der Waals surface area (Å²) in [5.74, 6) is -0.0738. The van der Waals surface area contributed by atoms with Crippen LogP contribution in [0, 0.1) is 0 Å². The Labute approximate surface area is 175 Å². The molecule has 1 fully saturated rings. The van der Waals surface area contributed by atoms with Crippen LogP contribution in [-0.4, -0.2) is 69.9 Å². The fourth-order valence-corrected chi connectivity index (χ4v) is 3.80. The molecule has 2 amide bonds. The van der Waals surface area contributed by atoms with Crippen LogP contribution in [0.5, 0.6) is 0 Å². The maximum atomic E-state index is 13.0. The van der Waals surface area contributed by atoms with Crippen molar-refractivity contribution in [1.29, 1.82) is 0 Å². The Bertz CT molecular complexity index is 1070. The van der Waals surface area contributed by atoms with Gasteiger partial charge in [0.25, 0.3) is 5.91 Å². The number of likely N-dealkylation sites (N-methyl/N-ethyl adjacent to an activating group) is 1. The van der Waals surface area contributed by atoms with Crippen LogP contribution in [0.15, 0.2) is 42.9 Å². The summed E-state index contributed by atoms with van der Waals surface area (Å²) >= 11 is 0. The Morgan fingerprint density at radius 1 is 1.10 bits per heavy atom. The highest BCUT2D eigenvalue weighted by Crippen LogP contribution is 2.25. The number of fused-ring (bicyclic) bond motifs is 1. The van der Waals surface area contributed by atoms with Gasteiger partial charge in [-0.2, -0.15) is 5.10 Å². The minimum absolute atomic E-state index is 0.0321. The normalized spacial score (nSPS) is 14.3. The molecule has 1 N–H and O–H groups in total. The number of amides is 2. The summed E-state index contributed by atoms with van der Waals surface area (Å²) in [5.41, 5.74) is 3.62. The molecule has 156 valence electrons. The summed E-state index contributed by atoms with van der Waals surface area (Å²) < 4.78 is 1.76. The van der Waals surface area contributed by atoms with Crippen LogP contribution >= 0.6 is 0 Å². The number of anilines is 1. The highest BCUT2D eigenvalue weighted by Gasteiger charge is 2.22. The number of pyridine rings is 2. The van der Waals surface area contributed by atoms with Crippen molar-refractivity contribution in [2.24, 2.45) is 0 Å². The lowest BCUT2D eigenvalue weighted by molar-refractivity contribution is -0.116. The van der Waals surface area contributed by atoms with E-state index in [1.54, 1.807) is 28.0 Å². The number of nitrogens with zero attached hydrogens (tertiary/aromatic N) is 5. The largest absolute Gasteiger partial charge is 0.339 e. The van der Waals surface area contributed by atoms with Gasteiger partial charge < -0.3 is 15.1 Å². The third kappa shape index (κ3) is 4.18. The average molecular weight is 406 g/mol. The second-order valence-corrected chi connectivity index (χ2v) is 7.87. The summed E-state index contributed by atoms with van der Waals surface area (Å²) in [6, 6.07) is 7.61. The zero-order valence-electron chi connectivity index (χ0n) is 17.3. The number of hydrogen-bond donors (Lipinski definition) is 1. The summed E-state index contributed by atoms with van der Waals surface area (Å²) in [4.78, 5) is 33.1. The molecule has 8 heteroatoms. The van der Waals surface area contributed by atoms with Crippen molar-refractivity contribution in [1.82, 2.24) is 24.4 Å². The van der Waals surface area contributed by atoms with E-state index < -0.39 is 0 Å². The summed E-state index contributed by atoms with van der Waals surface area (Å²) in [7, 11) is 3.69. The van der Waals surface area contributed by atoms with Crippen LogP contribution in [-0.2, 0) is 4.79 Å². The van der Waals surface area contributed by atoms with Gasteiger partial charge in [0, 0.05) is 24.8 Å². The maximum Gasteiger partial charge on any atom is 0.257 e. The van der Waals surface area contributed by atoms with Crippen molar-refractivity contribution in [2.75, 3.05) is 39.0 Å². The molecule has 4 heterocycles. The fraction of sp³-hybridized carbons (Fsp3) is 0.364. The zero-order valence-corrected chi connectivity index (χ0v) is 17.3. The van der Waals surface area contributed by atoms with Crippen molar-refractivity contribution in [3.8, 4) is 11.3 Å². The number of likely N-dealkylation sites (tertiary alicyclic amines) is 1. The van der Waals surface area contributed by atoms with Gasteiger partial charge in [-0.1, -0.05) is 6.07 Å². The van der Waals surface area contributed by atoms with Gasteiger partial charge in [0.2, 0.25) is 5.91 Å². The molecule has 0 aliphatic carbocycles. The number of hydrogen-bond acceptors (Lipinski definition) is 5. The maximum absolute atomic E-state index is 13.0. The lowest BCUT2D eigenvalue weighted by Gasteiger charge is -2.26. The van der Waals surface area contributed by atoms with Gasteiger partial charge >= 0.3 is 0 Å². The quantitative estimate of drug-likeness (QED) is 0.704. The molecule has 0 aromatic carbocycles. The van der Waals surface area contributed by atoms with Gasteiger partial charge in [0.1, 0.15) is 0 Å². The number of rotatable bonds is 5. The van der Waals surface area contributed by atoms with E-state index in [9.17, 15) is 9.59 Å². The minimum Gasteiger partial charge on any atom is -0.339 e. The van der Waals surface area contributed by atoms with Crippen LogP contribution in [0.25, 0.3) is 16.8 Å². The fourth-order valence-electron chi connectivity index (χ4n) is 3.80. The van der Waals surface area contributed by atoms with Crippen molar-refractivity contribution in [3.05, 3.63) is 48.4 Å². The lowest BCUT2D eigenvalue weighted by Crippen LogP contribution is -2.35. The van der Waals surface area contributed by atoms with Gasteiger partial charge in [-0.15, -0.1) is 0 Å². The van der Waals surface area contributed by atoms with Crippen LogP contribution in [0.2, 0.25) is 0 Å². The van der Waals surface area contributed by atoms with E-state index >= 15 is 0 Å². The first-order chi connectivity index (χ1) is 14.5. The van der Waals surface area contributed by atoms with Crippen LogP contribution in [0.4, 0.5) is 5.69 Å². The standard InChI is InChI=1S/C22H26N6O2/c1-26(2)15-21(29)25-17-11-16(12-23-13-17)19-7-6-8-20-18(14-24-28(19)20)22(30)27-9-4-3-5-10-27/h6-8,11-14H,3-5,9-10,15H2,1-2H3,(H,25,29). The van der Waals surface area contributed by atoms with Crippen molar-refractivity contribution < 1.29 is 9.59 Å². The molecule has 8 nitrogen and oxygen atoms in total. The van der Waals surface area contributed by atoms with E-state index in [4.69, 9.17) is 0 Å². The van der Waals surface area contributed by atoms with Gasteiger partial charge in [-0.05, 0) is 51.6 Å². The van der Waals surface area contributed by atoms with Gasteiger partial charge in [-0.3, -0.25) is 14.6 Å². The number of piperidine rings is 1. The molecule has 0 unspecified atom stereocenters. The van der Waals surface area contributed by atoms with Gasteiger partial charge in [-0.25, -0.2) is 4.52 Å². The Morgan fingerprint density at radius 3 is 2.67 bits per heavy atom. The molecule has 0 bridgehead atoms. The highest BCUT2D eigenvalue weighted by atomic mass is 16.2. The molecule has 30 heavy (non-hydrogen) atoms. The van der Waals surface area contributed by atoms with Gasteiger partial charge in [0.05, 0.1) is 41.4 Å². The van der Waals surface area contributed by atoms with Crippen molar-refractivity contribution in [2.45, 2.75) is 19.3 Å². The molecule has 0 saturated carbocycles. The molecular formula is C22H26N6O2. The van der Waals surface area contributed by atoms with E-state index in [1.165, 1.54) is 6.42 Å². The molecule has 0 atom stereocenters. The van der Waals surface area contributed by atoms with Crippen LogP contribution < -0.4 is 5.32 Å². The minimum atomic E-state index is -0.106. The Morgan fingerprint density at radius 2 is 1.90 bits per heavy atom. The molecule has 0 radical (unpaired) electrons. The Balaban J connectivity index is 1.64. The van der Waals surface area contributed by atoms with E-state index in [2.05, 4.69) is 15.4 Å². The molecule has 3 aromatic rings. The van der Waals surface area contributed by atoms with E-state index in [0.717, 1.165) is 42.7 Å². The van der Waals surface area contributed by atoms with Crippen LogP contribution in [0.1, 0.15) is 29.6 Å². The topological polar surface area (TPSA) is 82.8 Å². The first-order valence-corrected chi connectivity index (χ1v) is 10.2. The second kappa shape index (κ2) is 8.62. The molecular weight excluding hydrogens is 380 g/mol. The number of carbonyl (C=O) groups is 2. The summed E-state index contributed by atoms with van der Waals surface area (Å²) in [5, 5.41) is 7.35. The smallest absolute Gasteiger partial charge is 0.257 e. The molecule has 0 spiro atoms. The molecule has 1 aliphatic rings. The number of carbonyl (C=O) groups excluding carboxylic acids is 2. The van der Waals surface area contributed by atoms with Gasteiger partial charge in [0.15, 0.2) is 0 Å². The third-order valence-corrected chi connectivity index (χ3v) is 5.19. The molecule has 1 saturated heterocycles. The van der Waals surface area contributed by atoms with Crippen molar-refractivity contribution in [3.63, 3.8) is 0 Å². The third-order valence-electron chi connectivity index (χ3n) is 5.19. The predicted octanol–water partition coefficient (Wildman–Crippen LogP) is 2.52.